The maximum absolute atomic E-state index is 12.6. The van der Waals surface area contributed by atoms with Crippen LogP contribution in [-0.2, 0) is 11.2 Å². The molecule has 29 heavy (non-hydrogen) atoms. The van der Waals surface area contributed by atoms with Crippen molar-refractivity contribution in [1.82, 2.24) is 5.32 Å². The van der Waals surface area contributed by atoms with Crippen LogP contribution in [-0.4, -0.2) is 17.7 Å². The first-order valence-electron chi connectivity index (χ1n) is 9.45. The number of nitrogens with one attached hydrogen (secondary N) is 1. The van der Waals surface area contributed by atoms with Gasteiger partial charge in [0, 0.05) is 0 Å². The Morgan fingerprint density at radius 3 is 1.97 bits per heavy atom. The fourth-order valence-electron chi connectivity index (χ4n) is 3.49. The third kappa shape index (κ3) is 3.67. The number of carbonyl (C=O) groups is 3. The molecule has 0 spiro atoms. The lowest BCUT2D eigenvalue weighted by atomic mass is 10.1. The van der Waals surface area contributed by atoms with Gasteiger partial charge in [0.25, 0.3) is 11.8 Å². The molecule has 1 aliphatic heterocycles. The molecule has 5 nitrogen and oxygen atoms in total. The van der Waals surface area contributed by atoms with Crippen LogP contribution in [0.3, 0.4) is 0 Å². The minimum absolute atomic E-state index is 0.0821. The van der Waals surface area contributed by atoms with Crippen molar-refractivity contribution in [3.63, 3.8) is 0 Å². The molecule has 5 heteroatoms. The zero-order valence-corrected chi connectivity index (χ0v) is 16.0. The molecule has 1 heterocycles. The molecule has 0 radical (unpaired) electrons. The average molecular weight is 384 g/mol. The molecular formula is C24H20N2O3. The van der Waals surface area contributed by atoms with Gasteiger partial charge in [-0.1, -0.05) is 54.6 Å². The number of nitrogens with zero attached hydrogens (tertiary/aromatic N) is 1. The van der Waals surface area contributed by atoms with E-state index >= 15 is 0 Å². The van der Waals surface area contributed by atoms with Gasteiger partial charge in [0.15, 0.2) is 0 Å². The third-order valence-electron chi connectivity index (χ3n) is 5.03. The van der Waals surface area contributed by atoms with Gasteiger partial charge < -0.3 is 5.32 Å². The number of imide groups is 1. The highest BCUT2D eigenvalue weighted by Gasteiger charge is 2.36. The van der Waals surface area contributed by atoms with Gasteiger partial charge in [0.05, 0.1) is 29.3 Å². The third-order valence-corrected chi connectivity index (χ3v) is 5.03. The van der Waals surface area contributed by atoms with Crippen molar-refractivity contribution < 1.29 is 14.4 Å². The van der Waals surface area contributed by atoms with Crippen LogP contribution in [0.5, 0.6) is 0 Å². The van der Waals surface area contributed by atoms with E-state index in [1.165, 1.54) is 4.90 Å². The molecule has 0 aliphatic carbocycles. The minimum atomic E-state index is -0.326. The van der Waals surface area contributed by atoms with E-state index in [4.69, 9.17) is 0 Å². The number of hydrogen-bond donors (Lipinski definition) is 1. The van der Waals surface area contributed by atoms with E-state index in [9.17, 15) is 14.4 Å². The van der Waals surface area contributed by atoms with Gasteiger partial charge in [0.1, 0.15) is 0 Å². The van der Waals surface area contributed by atoms with E-state index in [1.807, 2.05) is 37.3 Å². The summed E-state index contributed by atoms with van der Waals surface area (Å²) in [5.74, 6) is -0.740. The van der Waals surface area contributed by atoms with Crippen LogP contribution >= 0.6 is 0 Å². The summed E-state index contributed by atoms with van der Waals surface area (Å²) in [5.41, 5.74) is 3.18. The predicted octanol–water partition coefficient (Wildman–Crippen LogP) is 3.91. The Bertz CT molecular complexity index is 1040. The first kappa shape index (κ1) is 18.6. The van der Waals surface area contributed by atoms with Crippen LogP contribution in [0.2, 0.25) is 0 Å². The zero-order chi connectivity index (χ0) is 20.4. The summed E-state index contributed by atoms with van der Waals surface area (Å²) in [7, 11) is 0. The highest BCUT2D eigenvalue weighted by Crippen LogP contribution is 2.28. The molecule has 0 saturated heterocycles. The van der Waals surface area contributed by atoms with Crippen molar-refractivity contribution in [2.24, 2.45) is 0 Å². The van der Waals surface area contributed by atoms with Gasteiger partial charge in [-0.2, -0.15) is 0 Å². The number of amides is 3. The number of anilines is 1. The van der Waals surface area contributed by atoms with Crippen molar-refractivity contribution in [3.05, 3.63) is 101 Å². The summed E-state index contributed by atoms with van der Waals surface area (Å²) in [6, 6.07) is 23.4. The fraction of sp³-hybridized carbons (Fsp3) is 0.125. The maximum Gasteiger partial charge on any atom is 0.266 e. The predicted molar refractivity (Wildman–Crippen MR) is 111 cm³/mol. The summed E-state index contributed by atoms with van der Waals surface area (Å²) >= 11 is 0. The van der Waals surface area contributed by atoms with Crippen LogP contribution in [0.4, 0.5) is 5.69 Å². The number of carbonyl (C=O) groups excluding carboxylic acids is 3. The van der Waals surface area contributed by atoms with E-state index in [0.29, 0.717) is 16.8 Å². The molecule has 3 amide bonds. The molecule has 3 aromatic rings. The second-order valence-corrected chi connectivity index (χ2v) is 7.03. The van der Waals surface area contributed by atoms with Gasteiger partial charge in [0.2, 0.25) is 5.91 Å². The van der Waals surface area contributed by atoms with E-state index in [1.54, 1.807) is 48.5 Å². The van der Waals surface area contributed by atoms with Crippen molar-refractivity contribution in [2.75, 3.05) is 4.90 Å². The largest absolute Gasteiger partial charge is 0.349 e. The Morgan fingerprint density at radius 2 is 1.38 bits per heavy atom. The summed E-state index contributed by atoms with van der Waals surface area (Å²) in [6.07, 6.45) is 0.222. The Hall–Kier alpha value is -3.73. The van der Waals surface area contributed by atoms with E-state index in [0.717, 1.165) is 11.1 Å². The molecule has 1 aliphatic rings. The Morgan fingerprint density at radius 1 is 0.828 bits per heavy atom. The Balaban J connectivity index is 1.43. The molecule has 4 rings (SSSR count). The second-order valence-electron chi connectivity index (χ2n) is 7.03. The average Bonchev–Trinajstić information content (AvgIpc) is 3.00. The highest BCUT2D eigenvalue weighted by atomic mass is 16.2. The summed E-state index contributed by atoms with van der Waals surface area (Å²) in [5, 5.41) is 2.98. The number of hydrogen-bond acceptors (Lipinski definition) is 3. The van der Waals surface area contributed by atoms with Crippen LogP contribution in [0, 0.1) is 0 Å². The Labute approximate surface area is 169 Å². The van der Waals surface area contributed by atoms with E-state index < -0.39 is 0 Å². The molecule has 1 N–H and O–H groups in total. The molecule has 0 aromatic heterocycles. The lowest BCUT2D eigenvalue weighted by molar-refractivity contribution is -0.121. The van der Waals surface area contributed by atoms with Crippen molar-refractivity contribution >= 4 is 23.4 Å². The van der Waals surface area contributed by atoms with Crippen LogP contribution in [0.25, 0.3) is 0 Å². The summed E-state index contributed by atoms with van der Waals surface area (Å²) in [6.45, 7) is 1.94. The topological polar surface area (TPSA) is 66.5 Å². The lowest BCUT2D eigenvalue weighted by Gasteiger charge is -2.16. The van der Waals surface area contributed by atoms with Gasteiger partial charge in [-0.25, -0.2) is 4.90 Å². The van der Waals surface area contributed by atoms with Crippen molar-refractivity contribution in [2.45, 2.75) is 19.4 Å². The zero-order valence-electron chi connectivity index (χ0n) is 16.0. The second kappa shape index (κ2) is 7.72. The molecule has 0 fully saturated rings. The van der Waals surface area contributed by atoms with E-state index in [2.05, 4.69) is 5.32 Å². The van der Waals surface area contributed by atoms with E-state index in [-0.39, 0.29) is 30.2 Å². The minimum Gasteiger partial charge on any atom is -0.349 e. The SMILES string of the molecule is CC(NC(=O)Cc1ccc(N2C(=O)c3ccccc3C2=O)cc1)c1ccccc1. The smallest absolute Gasteiger partial charge is 0.266 e. The Kier molecular flexibility index (Phi) is 4.96. The standard InChI is InChI=1S/C24H20N2O3/c1-16(18-7-3-2-4-8-18)25-22(27)15-17-11-13-19(14-12-17)26-23(28)20-9-5-6-10-21(20)24(26)29/h2-14,16H,15H2,1H3,(H,25,27). The van der Waals surface area contributed by atoms with Crippen LogP contribution in [0.15, 0.2) is 78.9 Å². The molecule has 3 aromatic carbocycles. The lowest BCUT2D eigenvalue weighted by Crippen LogP contribution is -2.29. The summed E-state index contributed by atoms with van der Waals surface area (Å²) < 4.78 is 0. The van der Waals surface area contributed by atoms with Gasteiger partial charge in [-0.3, -0.25) is 14.4 Å². The number of rotatable bonds is 5. The highest BCUT2D eigenvalue weighted by molar-refractivity contribution is 6.34. The van der Waals surface area contributed by atoms with Gasteiger partial charge in [-0.05, 0) is 42.3 Å². The molecular weight excluding hydrogens is 364 g/mol. The molecule has 0 saturated carbocycles. The summed E-state index contributed by atoms with van der Waals surface area (Å²) in [4.78, 5) is 38.7. The maximum atomic E-state index is 12.6. The van der Waals surface area contributed by atoms with Crippen LogP contribution in [0.1, 0.15) is 44.8 Å². The first-order chi connectivity index (χ1) is 14.0. The fourth-order valence-corrected chi connectivity index (χ4v) is 3.49. The first-order valence-corrected chi connectivity index (χ1v) is 9.45. The quantitative estimate of drug-likeness (QED) is 0.679. The van der Waals surface area contributed by atoms with Crippen molar-refractivity contribution in [3.8, 4) is 0 Å². The monoisotopic (exact) mass is 384 g/mol. The molecule has 1 atom stereocenters. The molecule has 1 unspecified atom stereocenters. The number of benzene rings is 3. The van der Waals surface area contributed by atoms with Crippen molar-refractivity contribution in [1.29, 1.82) is 0 Å². The van der Waals surface area contributed by atoms with Gasteiger partial charge >= 0.3 is 0 Å². The molecule has 144 valence electrons. The molecule has 0 bridgehead atoms. The van der Waals surface area contributed by atoms with Crippen LogP contribution < -0.4 is 10.2 Å². The number of fused-ring (bicyclic) bond motifs is 1. The normalized spacial score (nSPS) is 13.9. The van der Waals surface area contributed by atoms with Gasteiger partial charge in [-0.15, -0.1) is 0 Å².